The van der Waals surface area contributed by atoms with Crippen molar-refractivity contribution < 1.29 is 4.74 Å². The molecule has 2 fully saturated rings. The molecule has 0 radical (unpaired) electrons. The Kier molecular flexibility index (Phi) is 6.52. The van der Waals surface area contributed by atoms with Crippen molar-refractivity contribution in [2.75, 3.05) is 24.3 Å². The number of hydrogen-bond donors (Lipinski definition) is 3. The van der Waals surface area contributed by atoms with Crippen LogP contribution >= 0.6 is 0 Å². The van der Waals surface area contributed by atoms with Gasteiger partial charge in [0.1, 0.15) is 5.82 Å². The number of fused-ring (bicyclic) bond motifs is 3. The van der Waals surface area contributed by atoms with Crippen molar-refractivity contribution >= 4 is 28.5 Å². The molecule has 2 aliphatic rings. The normalized spacial score (nSPS) is 20.8. The van der Waals surface area contributed by atoms with E-state index in [0.717, 1.165) is 47.1 Å². The van der Waals surface area contributed by atoms with Crippen LogP contribution in [0.1, 0.15) is 37.8 Å². The molecule has 2 saturated heterocycles. The van der Waals surface area contributed by atoms with Gasteiger partial charge in [-0.25, -0.2) is 9.97 Å². The summed E-state index contributed by atoms with van der Waals surface area (Å²) in [6.45, 7) is 2.83. The monoisotopic (exact) mass is 509 g/mol. The van der Waals surface area contributed by atoms with Crippen molar-refractivity contribution in [3.8, 4) is 23.1 Å². The minimum absolute atomic E-state index is 0.290. The van der Waals surface area contributed by atoms with E-state index in [2.05, 4.69) is 48.9 Å². The van der Waals surface area contributed by atoms with Gasteiger partial charge in [0, 0.05) is 66.1 Å². The molecule has 4 aromatic rings. The molecule has 0 amide bonds. The number of anilines is 3. The number of ether oxygens (including phenoxy) is 1. The van der Waals surface area contributed by atoms with Crippen molar-refractivity contribution in [1.82, 2.24) is 30.0 Å². The molecule has 5 heterocycles. The molecule has 0 saturated carbocycles. The van der Waals surface area contributed by atoms with Crippen LogP contribution in [0.25, 0.3) is 22.0 Å². The minimum atomic E-state index is 0.290. The summed E-state index contributed by atoms with van der Waals surface area (Å²) < 4.78 is 5.21. The van der Waals surface area contributed by atoms with Crippen LogP contribution in [0, 0.1) is 18.3 Å². The van der Waals surface area contributed by atoms with Gasteiger partial charge in [0.15, 0.2) is 5.82 Å². The summed E-state index contributed by atoms with van der Waals surface area (Å²) in [6, 6.07) is 15.6. The lowest BCUT2D eigenvalue weighted by molar-refractivity contribution is 0.135. The molecule has 6 rings (SSSR count). The SMILES string of the molecule is COc1ccc(-c2ccc3c(Nc4cc(C)[nH]n4)nc(NC4CC5CCC(C4)N5CCC#N)nc3c2)cn1. The maximum absolute atomic E-state index is 9.05. The third kappa shape index (κ3) is 4.85. The van der Waals surface area contributed by atoms with Gasteiger partial charge in [-0.1, -0.05) is 6.07 Å². The number of aromatic amines is 1. The predicted octanol–water partition coefficient (Wildman–Crippen LogP) is 4.80. The number of nitrogens with zero attached hydrogens (tertiary/aromatic N) is 6. The van der Waals surface area contributed by atoms with Gasteiger partial charge < -0.3 is 15.4 Å². The number of hydrogen-bond acceptors (Lipinski definition) is 9. The molecule has 0 spiro atoms. The molecule has 38 heavy (non-hydrogen) atoms. The maximum atomic E-state index is 9.05. The van der Waals surface area contributed by atoms with Gasteiger partial charge >= 0.3 is 0 Å². The average Bonchev–Trinajstić information content (AvgIpc) is 3.45. The first-order valence-corrected chi connectivity index (χ1v) is 13.1. The standard InChI is InChI=1S/C28H31N9O/c1-17-12-25(36-35-17)33-27-23-8-4-18(19-5-9-26(38-2)30-16-19)13-24(23)32-28(34-27)31-20-14-21-6-7-22(15-20)37(21)11-3-10-29/h4-5,8-9,12-13,16,20-22H,3,6-7,11,14-15H2,1-2H3,(H3,31,32,33,34,35,36). The van der Waals surface area contributed by atoms with E-state index < -0.39 is 0 Å². The van der Waals surface area contributed by atoms with Gasteiger partial charge in [0.25, 0.3) is 0 Å². The highest BCUT2D eigenvalue weighted by molar-refractivity contribution is 5.94. The van der Waals surface area contributed by atoms with E-state index in [0.29, 0.717) is 42.0 Å². The number of aryl methyl sites for hydroxylation is 1. The molecule has 0 aliphatic carbocycles. The zero-order valence-electron chi connectivity index (χ0n) is 21.6. The lowest BCUT2D eigenvalue weighted by atomic mass is 9.97. The highest BCUT2D eigenvalue weighted by Gasteiger charge is 2.40. The Morgan fingerprint density at radius 1 is 1.11 bits per heavy atom. The maximum Gasteiger partial charge on any atom is 0.225 e. The molecular weight excluding hydrogens is 478 g/mol. The highest BCUT2D eigenvalue weighted by atomic mass is 16.5. The Balaban J connectivity index is 1.31. The largest absolute Gasteiger partial charge is 0.481 e. The van der Waals surface area contributed by atoms with Gasteiger partial charge in [-0.2, -0.15) is 15.3 Å². The minimum Gasteiger partial charge on any atom is -0.481 e. The molecule has 2 aliphatic heterocycles. The first-order valence-electron chi connectivity index (χ1n) is 13.1. The van der Waals surface area contributed by atoms with E-state index in [1.165, 1.54) is 12.8 Å². The molecule has 3 N–H and O–H groups in total. The third-order valence-electron chi connectivity index (χ3n) is 7.63. The zero-order chi connectivity index (χ0) is 26.1. The van der Waals surface area contributed by atoms with E-state index in [1.807, 2.05) is 37.4 Å². The predicted molar refractivity (Wildman–Crippen MR) is 146 cm³/mol. The second-order valence-electron chi connectivity index (χ2n) is 10.1. The Morgan fingerprint density at radius 2 is 1.92 bits per heavy atom. The fraction of sp³-hybridized carbons (Fsp3) is 0.393. The number of rotatable bonds is 8. The summed E-state index contributed by atoms with van der Waals surface area (Å²) in [4.78, 5) is 16.7. The van der Waals surface area contributed by atoms with E-state index in [1.54, 1.807) is 7.11 Å². The first-order chi connectivity index (χ1) is 18.6. The van der Waals surface area contributed by atoms with Gasteiger partial charge in [0.2, 0.25) is 11.8 Å². The van der Waals surface area contributed by atoms with Gasteiger partial charge in [0.05, 0.1) is 18.7 Å². The van der Waals surface area contributed by atoms with Crippen LogP contribution in [0.2, 0.25) is 0 Å². The van der Waals surface area contributed by atoms with Crippen LogP contribution < -0.4 is 15.4 Å². The van der Waals surface area contributed by atoms with Crippen LogP contribution in [-0.4, -0.2) is 61.8 Å². The number of H-pyrrole nitrogens is 1. The summed E-state index contributed by atoms with van der Waals surface area (Å²) in [5.74, 6) is 2.60. The van der Waals surface area contributed by atoms with Gasteiger partial charge in [-0.15, -0.1) is 0 Å². The average molecular weight is 510 g/mol. The fourth-order valence-corrected chi connectivity index (χ4v) is 5.86. The quantitative estimate of drug-likeness (QED) is 0.307. The van der Waals surface area contributed by atoms with Crippen molar-refractivity contribution in [2.24, 2.45) is 0 Å². The molecule has 1 aromatic carbocycles. The van der Waals surface area contributed by atoms with E-state index in [9.17, 15) is 0 Å². The Labute approximate surface area is 221 Å². The van der Waals surface area contributed by atoms with E-state index in [4.69, 9.17) is 20.0 Å². The molecular formula is C28H31N9O. The molecule has 194 valence electrons. The molecule has 2 unspecified atom stereocenters. The number of nitrogens with one attached hydrogen (secondary N) is 3. The lowest BCUT2D eigenvalue weighted by Crippen LogP contribution is -2.47. The highest BCUT2D eigenvalue weighted by Crippen LogP contribution is 2.37. The smallest absolute Gasteiger partial charge is 0.225 e. The van der Waals surface area contributed by atoms with Gasteiger partial charge in [-0.3, -0.25) is 10.00 Å². The van der Waals surface area contributed by atoms with Crippen LogP contribution in [-0.2, 0) is 0 Å². The topological polar surface area (TPSA) is 128 Å². The summed E-state index contributed by atoms with van der Waals surface area (Å²) in [5, 5.41) is 24.3. The number of nitriles is 1. The molecule has 10 heteroatoms. The van der Waals surface area contributed by atoms with Crippen LogP contribution in [0.4, 0.5) is 17.6 Å². The summed E-state index contributed by atoms with van der Waals surface area (Å²) in [5.41, 5.74) is 3.81. The third-order valence-corrected chi connectivity index (χ3v) is 7.63. The summed E-state index contributed by atoms with van der Waals surface area (Å²) >= 11 is 0. The van der Waals surface area contributed by atoms with Crippen LogP contribution in [0.15, 0.2) is 42.6 Å². The summed E-state index contributed by atoms with van der Waals surface area (Å²) in [7, 11) is 1.61. The number of piperidine rings is 1. The van der Waals surface area contributed by atoms with Gasteiger partial charge in [-0.05, 0) is 56.4 Å². The van der Waals surface area contributed by atoms with Crippen molar-refractivity contribution in [1.29, 1.82) is 5.26 Å². The lowest BCUT2D eigenvalue weighted by Gasteiger charge is -2.38. The van der Waals surface area contributed by atoms with Crippen molar-refractivity contribution in [3.05, 3.63) is 48.3 Å². The summed E-state index contributed by atoms with van der Waals surface area (Å²) in [6.07, 6.45) is 6.84. The van der Waals surface area contributed by atoms with Crippen LogP contribution in [0.5, 0.6) is 5.88 Å². The molecule has 10 nitrogen and oxygen atoms in total. The Hall–Kier alpha value is -4.23. The Morgan fingerprint density at radius 3 is 2.61 bits per heavy atom. The second kappa shape index (κ2) is 10.3. The van der Waals surface area contributed by atoms with E-state index in [-0.39, 0.29) is 6.04 Å². The molecule has 2 bridgehead atoms. The molecule has 3 aromatic heterocycles. The number of methoxy groups -OCH3 is 1. The van der Waals surface area contributed by atoms with Crippen molar-refractivity contribution in [3.63, 3.8) is 0 Å². The number of aromatic nitrogens is 5. The number of benzene rings is 1. The second-order valence-corrected chi connectivity index (χ2v) is 10.1. The zero-order valence-corrected chi connectivity index (χ0v) is 21.6. The van der Waals surface area contributed by atoms with Crippen molar-refractivity contribution in [2.45, 2.75) is 57.2 Å². The Bertz CT molecular complexity index is 1460. The number of pyridine rings is 1. The fourth-order valence-electron chi connectivity index (χ4n) is 5.86. The molecule has 2 atom stereocenters. The first kappa shape index (κ1) is 24.1. The van der Waals surface area contributed by atoms with E-state index >= 15 is 0 Å². The van der Waals surface area contributed by atoms with Crippen LogP contribution in [0.3, 0.4) is 0 Å².